The van der Waals surface area contributed by atoms with Crippen LogP contribution in [0.2, 0.25) is 0 Å². The highest BCUT2D eigenvalue weighted by molar-refractivity contribution is 7.92. The Hall–Kier alpha value is -4.00. The lowest BCUT2D eigenvalue weighted by Gasteiger charge is -2.48. The summed E-state index contributed by atoms with van der Waals surface area (Å²) in [5.41, 5.74) is 2.83. The van der Waals surface area contributed by atoms with Gasteiger partial charge in [-0.3, -0.25) is 14.5 Å². The Labute approximate surface area is 262 Å². The Balaban J connectivity index is 0.00000384. The molecule has 1 fully saturated rings. The van der Waals surface area contributed by atoms with Crippen molar-refractivity contribution in [3.63, 3.8) is 0 Å². The Kier molecular flexibility index (Phi) is 8.45. The summed E-state index contributed by atoms with van der Waals surface area (Å²) < 4.78 is 48.2. The zero-order valence-corrected chi connectivity index (χ0v) is 26.4. The van der Waals surface area contributed by atoms with Gasteiger partial charge in [-0.25, -0.2) is 17.8 Å². The standard InChI is InChI=1S/C31H33FN6O4S.ClH/c1-19(2)33-10-11-42-29-26(36-43(4,40)41)12-20(15-35-29)22-13-23-25(14-24(22)32)34-16-27-28(23)31(30(39)37(27)3)17-38(18-31)21-8-6-5-7-9-21;/h5-9,12-16,19,33,36H,10-11,17-18H2,1-4H3;1H. The molecule has 13 heteroatoms. The van der Waals surface area contributed by atoms with Gasteiger partial charge in [-0.2, -0.15) is 0 Å². The highest BCUT2D eigenvalue weighted by Crippen LogP contribution is 2.51. The largest absolute Gasteiger partial charge is 0.475 e. The van der Waals surface area contributed by atoms with E-state index in [9.17, 15) is 13.2 Å². The van der Waals surface area contributed by atoms with E-state index < -0.39 is 21.3 Å². The molecular formula is C31H34ClFN6O4S. The lowest BCUT2D eigenvalue weighted by Crippen LogP contribution is -2.64. The molecule has 6 rings (SSSR count). The number of pyridine rings is 2. The molecule has 2 N–H and O–H groups in total. The molecule has 2 aliphatic rings. The number of benzene rings is 2. The molecule has 1 amide bonds. The Morgan fingerprint density at radius 2 is 1.82 bits per heavy atom. The van der Waals surface area contributed by atoms with E-state index >= 15 is 4.39 Å². The molecule has 4 aromatic rings. The number of carbonyl (C=O) groups is 1. The SMILES string of the molecule is CC(C)NCCOc1ncc(-c2cc3c4c(cnc3cc2F)N(C)C(=O)C42CN(c3ccccc3)C2)cc1NS(C)(=O)=O.Cl. The first-order chi connectivity index (χ1) is 20.5. The minimum absolute atomic E-state index is 0. The van der Waals surface area contributed by atoms with Gasteiger partial charge in [0.25, 0.3) is 0 Å². The van der Waals surface area contributed by atoms with Gasteiger partial charge < -0.3 is 19.9 Å². The first kappa shape index (κ1) is 31.4. The molecule has 2 aliphatic heterocycles. The number of hydrogen-bond acceptors (Lipinski definition) is 8. The van der Waals surface area contributed by atoms with Crippen LogP contribution in [0.3, 0.4) is 0 Å². The molecular weight excluding hydrogens is 607 g/mol. The number of nitrogens with zero attached hydrogens (tertiary/aromatic N) is 4. The number of hydrogen-bond donors (Lipinski definition) is 2. The van der Waals surface area contributed by atoms with Crippen LogP contribution in [0, 0.1) is 5.82 Å². The number of fused-ring (bicyclic) bond motifs is 4. The summed E-state index contributed by atoms with van der Waals surface area (Å²) in [4.78, 5) is 26.3. The van der Waals surface area contributed by atoms with Crippen molar-refractivity contribution in [3.05, 3.63) is 72.3 Å². The number of likely N-dealkylation sites (N-methyl/N-ethyl adjacent to an activating group) is 1. The molecule has 4 heterocycles. The van der Waals surface area contributed by atoms with E-state index in [0.29, 0.717) is 41.8 Å². The van der Waals surface area contributed by atoms with Crippen molar-refractivity contribution < 1.29 is 22.3 Å². The van der Waals surface area contributed by atoms with Crippen molar-refractivity contribution in [1.29, 1.82) is 0 Å². The van der Waals surface area contributed by atoms with Crippen LogP contribution < -0.4 is 24.6 Å². The normalized spacial score (nSPS) is 15.4. The number of nitrogens with one attached hydrogen (secondary N) is 2. The third kappa shape index (κ3) is 5.64. The smallest absolute Gasteiger partial charge is 0.241 e. The number of aromatic nitrogens is 2. The highest BCUT2D eigenvalue weighted by Gasteiger charge is 2.58. The van der Waals surface area contributed by atoms with E-state index in [1.54, 1.807) is 24.2 Å². The monoisotopic (exact) mass is 640 g/mol. The molecule has 0 unspecified atom stereocenters. The van der Waals surface area contributed by atoms with Gasteiger partial charge in [-0.1, -0.05) is 32.0 Å². The number of amides is 1. The topological polar surface area (TPSA) is 117 Å². The van der Waals surface area contributed by atoms with Crippen LogP contribution in [-0.4, -0.2) is 69.9 Å². The molecule has 0 bridgehead atoms. The van der Waals surface area contributed by atoms with Crippen molar-refractivity contribution in [2.24, 2.45) is 0 Å². The van der Waals surface area contributed by atoms with E-state index in [4.69, 9.17) is 4.74 Å². The fraction of sp³-hybridized carbons (Fsp3) is 0.323. The number of anilines is 3. The lowest BCUT2D eigenvalue weighted by molar-refractivity contribution is -0.123. The number of para-hydroxylation sites is 1. The number of ether oxygens (including phenoxy) is 1. The van der Waals surface area contributed by atoms with Crippen LogP contribution in [0.25, 0.3) is 22.0 Å². The molecule has 44 heavy (non-hydrogen) atoms. The van der Waals surface area contributed by atoms with E-state index in [2.05, 4.69) is 24.9 Å². The van der Waals surface area contributed by atoms with Crippen LogP contribution in [-0.2, 0) is 20.2 Å². The number of rotatable bonds is 9. The second kappa shape index (κ2) is 11.8. The number of sulfonamides is 1. The minimum Gasteiger partial charge on any atom is -0.475 e. The van der Waals surface area contributed by atoms with Crippen molar-refractivity contribution in [2.45, 2.75) is 25.3 Å². The molecule has 0 aliphatic carbocycles. The minimum atomic E-state index is -3.68. The Bertz CT molecular complexity index is 1830. The summed E-state index contributed by atoms with van der Waals surface area (Å²) in [6, 6.07) is 14.7. The average Bonchev–Trinajstić information content (AvgIpc) is 3.16. The third-order valence-electron chi connectivity index (χ3n) is 7.88. The van der Waals surface area contributed by atoms with Gasteiger partial charge in [0.05, 0.1) is 23.7 Å². The molecule has 10 nitrogen and oxygen atoms in total. The van der Waals surface area contributed by atoms with Crippen molar-refractivity contribution in [1.82, 2.24) is 15.3 Å². The molecule has 232 valence electrons. The molecule has 0 atom stereocenters. The maximum absolute atomic E-state index is 15.6. The molecule has 0 saturated carbocycles. The Morgan fingerprint density at radius 3 is 2.50 bits per heavy atom. The van der Waals surface area contributed by atoms with Crippen LogP contribution in [0.5, 0.6) is 5.88 Å². The van der Waals surface area contributed by atoms with Gasteiger partial charge in [-0.15, -0.1) is 12.4 Å². The predicted octanol–water partition coefficient (Wildman–Crippen LogP) is 4.34. The summed E-state index contributed by atoms with van der Waals surface area (Å²) in [7, 11) is -1.95. The van der Waals surface area contributed by atoms with Crippen LogP contribution in [0.4, 0.5) is 21.5 Å². The highest BCUT2D eigenvalue weighted by atomic mass is 35.5. The summed E-state index contributed by atoms with van der Waals surface area (Å²) in [6.07, 6.45) is 4.11. The third-order valence-corrected chi connectivity index (χ3v) is 8.48. The second-order valence-corrected chi connectivity index (χ2v) is 13.2. The molecule has 0 radical (unpaired) electrons. The van der Waals surface area contributed by atoms with Crippen LogP contribution in [0.15, 0.2) is 60.9 Å². The zero-order valence-electron chi connectivity index (χ0n) is 24.8. The van der Waals surface area contributed by atoms with Crippen molar-refractivity contribution in [2.75, 3.05) is 54.1 Å². The predicted molar refractivity (Wildman–Crippen MR) is 173 cm³/mol. The van der Waals surface area contributed by atoms with Crippen LogP contribution in [0.1, 0.15) is 19.4 Å². The summed E-state index contributed by atoms with van der Waals surface area (Å²) in [6.45, 7) is 5.78. The number of halogens is 2. The van der Waals surface area contributed by atoms with E-state index in [1.807, 2.05) is 44.2 Å². The maximum atomic E-state index is 15.6. The van der Waals surface area contributed by atoms with Crippen molar-refractivity contribution in [3.8, 4) is 17.0 Å². The van der Waals surface area contributed by atoms with Gasteiger partial charge in [-0.05, 0) is 24.3 Å². The quantitative estimate of drug-likeness (QED) is 0.260. The van der Waals surface area contributed by atoms with E-state index in [0.717, 1.165) is 17.5 Å². The second-order valence-electron chi connectivity index (χ2n) is 11.4. The van der Waals surface area contributed by atoms with E-state index in [1.165, 1.54) is 18.3 Å². The van der Waals surface area contributed by atoms with Gasteiger partial charge in [0.15, 0.2) is 0 Å². The Morgan fingerprint density at radius 1 is 1.09 bits per heavy atom. The van der Waals surface area contributed by atoms with E-state index in [-0.39, 0.29) is 48.1 Å². The van der Waals surface area contributed by atoms with Gasteiger partial charge in [0.1, 0.15) is 23.5 Å². The first-order valence-corrected chi connectivity index (χ1v) is 15.9. The summed E-state index contributed by atoms with van der Waals surface area (Å²) in [5.74, 6) is -0.483. The van der Waals surface area contributed by atoms with Gasteiger partial charge in [0.2, 0.25) is 21.8 Å². The van der Waals surface area contributed by atoms with Gasteiger partial charge in [0, 0.05) is 72.8 Å². The summed E-state index contributed by atoms with van der Waals surface area (Å²) >= 11 is 0. The fourth-order valence-electron chi connectivity index (χ4n) is 5.92. The first-order valence-electron chi connectivity index (χ1n) is 14.0. The van der Waals surface area contributed by atoms with Gasteiger partial charge >= 0.3 is 0 Å². The maximum Gasteiger partial charge on any atom is 0.241 e. The lowest BCUT2D eigenvalue weighted by atomic mass is 9.73. The average molecular weight is 641 g/mol. The van der Waals surface area contributed by atoms with Crippen LogP contribution >= 0.6 is 12.4 Å². The summed E-state index contributed by atoms with van der Waals surface area (Å²) in [5, 5.41) is 3.89. The molecule has 2 aromatic carbocycles. The zero-order chi connectivity index (χ0) is 30.5. The fourth-order valence-corrected chi connectivity index (χ4v) is 6.47. The van der Waals surface area contributed by atoms with Crippen molar-refractivity contribution >= 4 is 56.3 Å². The number of carbonyl (C=O) groups excluding carboxylic acids is 1. The molecule has 1 spiro atoms. The molecule has 2 aromatic heterocycles. The molecule has 1 saturated heterocycles.